The zero-order valence-electron chi connectivity index (χ0n) is 16.6. The summed E-state index contributed by atoms with van der Waals surface area (Å²) in [5.41, 5.74) is 0. The Bertz CT molecular complexity index is 250. The van der Waals surface area contributed by atoms with E-state index in [0.717, 1.165) is 12.8 Å². The van der Waals surface area contributed by atoms with Crippen LogP contribution in [0.1, 0.15) is 78.1 Å². The van der Waals surface area contributed by atoms with Gasteiger partial charge < -0.3 is 24.4 Å². The molecule has 25 heavy (non-hydrogen) atoms. The Hall–Kier alpha value is -0.200. The molecule has 0 aliphatic carbocycles. The molecule has 2 N–H and O–H groups in total. The highest BCUT2D eigenvalue weighted by Gasteiger charge is 2.14. The monoisotopic (exact) mass is 362 g/mol. The first-order valence-corrected chi connectivity index (χ1v) is 10.3. The maximum absolute atomic E-state index is 8.86. The standard InChI is InChI=1S/C20H42O5/c1-3-4-5-6-7-8-9-10-11-20(18-19(2)24-15-13-22)25-17-16-23-14-12-21/h19-22H,3-18H2,1-2H3. The summed E-state index contributed by atoms with van der Waals surface area (Å²) in [6.45, 7) is 6.20. The van der Waals surface area contributed by atoms with Crippen molar-refractivity contribution in [2.75, 3.05) is 39.6 Å². The van der Waals surface area contributed by atoms with Crippen LogP contribution in [0, 0.1) is 0 Å². The van der Waals surface area contributed by atoms with Crippen LogP contribution < -0.4 is 0 Å². The van der Waals surface area contributed by atoms with Gasteiger partial charge in [0, 0.05) is 0 Å². The molecular weight excluding hydrogens is 320 g/mol. The van der Waals surface area contributed by atoms with Crippen molar-refractivity contribution in [1.29, 1.82) is 0 Å². The van der Waals surface area contributed by atoms with Crippen LogP contribution in [0.15, 0.2) is 0 Å². The van der Waals surface area contributed by atoms with Gasteiger partial charge in [0.2, 0.25) is 0 Å². The first-order valence-electron chi connectivity index (χ1n) is 10.3. The summed E-state index contributed by atoms with van der Waals surface area (Å²) < 4.78 is 16.8. The Kier molecular flexibility index (Phi) is 20.0. The van der Waals surface area contributed by atoms with Gasteiger partial charge >= 0.3 is 0 Å². The number of hydrogen-bond acceptors (Lipinski definition) is 5. The average Bonchev–Trinajstić information content (AvgIpc) is 2.61. The van der Waals surface area contributed by atoms with E-state index < -0.39 is 0 Å². The summed E-state index contributed by atoms with van der Waals surface area (Å²) in [6, 6.07) is 0. The summed E-state index contributed by atoms with van der Waals surface area (Å²) in [4.78, 5) is 0. The van der Waals surface area contributed by atoms with Crippen LogP contribution in [0.2, 0.25) is 0 Å². The Balaban J connectivity index is 3.86. The highest BCUT2D eigenvalue weighted by atomic mass is 16.5. The van der Waals surface area contributed by atoms with E-state index in [1.165, 1.54) is 51.4 Å². The maximum Gasteiger partial charge on any atom is 0.0704 e. The minimum absolute atomic E-state index is 0.0493. The number of aliphatic hydroxyl groups is 2. The van der Waals surface area contributed by atoms with E-state index in [-0.39, 0.29) is 25.4 Å². The lowest BCUT2D eigenvalue weighted by molar-refractivity contribution is -0.0407. The average molecular weight is 363 g/mol. The Morgan fingerprint density at radius 3 is 2.00 bits per heavy atom. The lowest BCUT2D eigenvalue weighted by atomic mass is 10.0. The Morgan fingerprint density at radius 1 is 0.720 bits per heavy atom. The third-order valence-electron chi connectivity index (χ3n) is 4.28. The molecule has 5 nitrogen and oxygen atoms in total. The second-order valence-electron chi connectivity index (χ2n) is 6.73. The van der Waals surface area contributed by atoms with Gasteiger partial charge in [0.25, 0.3) is 0 Å². The summed E-state index contributed by atoms with van der Waals surface area (Å²) in [6.07, 6.45) is 12.6. The molecule has 0 amide bonds. The van der Waals surface area contributed by atoms with Gasteiger partial charge in [-0.25, -0.2) is 0 Å². The molecule has 0 aliphatic heterocycles. The van der Waals surface area contributed by atoms with Crippen molar-refractivity contribution in [2.45, 2.75) is 90.3 Å². The quantitative estimate of drug-likeness (QED) is 0.323. The number of hydrogen-bond donors (Lipinski definition) is 2. The molecule has 0 radical (unpaired) electrons. The van der Waals surface area contributed by atoms with Crippen LogP contribution in [-0.4, -0.2) is 62.1 Å². The smallest absolute Gasteiger partial charge is 0.0704 e. The molecule has 5 heteroatoms. The van der Waals surface area contributed by atoms with E-state index >= 15 is 0 Å². The van der Waals surface area contributed by atoms with Gasteiger partial charge in [0.15, 0.2) is 0 Å². The molecule has 0 spiro atoms. The molecule has 0 saturated heterocycles. The van der Waals surface area contributed by atoms with Crippen LogP contribution in [-0.2, 0) is 14.2 Å². The SMILES string of the molecule is CCCCCCCCCCC(CC(C)OCCO)OCCOCCO. The van der Waals surface area contributed by atoms with Crippen molar-refractivity contribution in [3.8, 4) is 0 Å². The topological polar surface area (TPSA) is 68.2 Å². The third-order valence-corrected chi connectivity index (χ3v) is 4.28. The van der Waals surface area contributed by atoms with E-state index in [4.69, 9.17) is 24.4 Å². The lowest BCUT2D eigenvalue weighted by Crippen LogP contribution is -2.24. The predicted molar refractivity (Wildman–Crippen MR) is 102 cm³/mol. The normalized spacial score (nSPS) is 13.9. The number of rotatable bonds is 20. The van der Waals surface area contributed by atoms with Crippen molar-refractivity contribution in [1.82, 2.24) is 0 Å². The molecule has 0 heterocycles. The van der Waals surface area contributed by atoms with Gasteiger partial charge in [-0.2, -0.15) is 0 Å². The van der Waals surface area contributed by atoms with Gasteiger partial charge in [-0.05, 0) is 19.8 Å². The maximum atomic E-state index is 8.86. The van der Waals surface area contributed by atoms with Gasteiger partial charge in [-0.15, -0.1) is 0 Å². The number of ether oxygens (including phenoxy) is 3. The fraction of sp³-hybridized carbons (Fsp3) is 1.00. The molecule has 2 unspecified atom stereocenters. The fourth-order valence-electron chi connectivity index (χ4n) is 2.91. The largest absolute Gasteiger partial charge is 0.394 e. The van der Waals surface area contributed by atoms with Gasteiger partial charge in [-0.3, -0.25) is 0 Å². The highest BCUT2D eigenvalue weighted by Crippen LogP contribution is 2.16. The van der Waals surface area contributed by atoms with E-state index in [9.17, 15) is 0 Å². The zero-order chi connectivity index (χ0) is 18.6. The van der Waals surface area contributed by atoms with Gasteiger partial charge in [0.1, 0.15) is 0 Å². The van der Waals surface area contributed by atoms with Crippen LogP contribution in [0.3, 0.4) is 0 Å². The fourth-order valence-corrected chi connectivity index (χ4v) is 2.91. The summed E-state index contributed by atoms with van der Waals surface area (Å²) in [5.74, 6) is 0. The third kappa shape index (κ3) is 18.4. The second-order valence-corrected chi connectivity index (χ2v) is 6.73. The Labute approximate surface area is 155 Å². The minimum atomic E-state index is 0.0493. The summed E-state index contributed by atoms with van der Waals surface area (Å²) >= 11 is 0. The minimum Gasteiger partial charge on any atom is -0.394 e. The molecule has 2 atom stereocenters. The molecular formula is C20H42O5. The van der Waals surface area contributed by atoms with Crippen LogP contribution in [0.5, 0.6) is 0 Å². The molecule has 0 aromatic carbocycles. The van der Waals surface area contributed by atoms with E-state index in [0.29, 0.717) is 26.4 Å². The molecule has 0 rings (SSSR count). The number of unbranched alkanes of at least 4 members (excludes halogenated alkanes) is 7. The van der Waals surface area contributed by atoms with Crippen molar-refractivity contribution >= 4 is 0 Å². The molecule has 0 aromatic heterocycles. The predicted octanol–water partition coefficient (Wildman–Crippen LogP) is 3.70. The van der Waals surface area contributed by atoms with Crippen molar-refractivity contribution in [2.24, 2.45) is 0 Å². The molecule has 0 aliphatic rings. The van der Waals surface area contributed by atoms with Crippen molar-refractivity contribution in [3.63, 3.8) is 0 Å². The van der Waals surface area contributed by atoms with Gasteiger partial charge in [0.05, 0.1) is 51.8 Å². The van der Waals surface area contributed by atoms with Crippen molar-refractivity contribution < 1.29 is 24.4 Å². The lowest BCUT2D eigenvalue weighted by Gasteiger charge is -2.22. The number of aliphatic hydroxyl groups excluding tert-OH is 2. The first-order chi connectivity index (χ1) is 12.2. The molecule has 0 saturated carbocycles. The summed E-state index contributed by atoms with van der Waals surface area (Å²) in [5, 5.41) is 17.6. The van der Waals surface area contributed by atoms with E-state index in [1.54, 1.807) is 0 Å². The molecule has 0 bridgehead atoms. The van der Waals surface area contributed by atoms with Crippen LogP contribution in [0.4, 0.5) is 0 Å². The molecule has 0 fully saturated rings. The van der Waals surface area contributed by atoms with Crippen LogP contribution in [0.25, 0.3) is 0 Å². The second kappa shape index (κ2) is 20.1. The Morgan fingerprint density at radius 2 is 1.36 bits per heavy atom. The zero-order valence-corrected chi connectivity index (χ0v) is 16.6. The van der Waals surface area contributed by atoms with Crippen LogP contribution >= 0.6 is 0 Å². The first kappa shape index (κ1) is 24.8. The van der Waals surface area contributed by atoms with E-state index in [1.807, 2.05) is 6.92 Å². The van der Waals surface area contributed by atoms with Crippen molar-refractivity contribution in [3.05, 3.63) is 0 Å². The highest BCUT2D eigenvalue weighted by molar-refractivity contribution is 4.64. The molecule has 152 valence electrons. The van der Waals surface area contributed by atoms with Gasteiger partial charge in [-0.1, -0.05) is 58.3 Å². The summed E-state index contributed by atoms with van der Waals surface area (Å²) in [7, 11) is 0. The molecule has 0 aromatic rings. The van der Waals surface area contributed by atoms with E-state index in [2.05, 4.69) is 6.92 Å².